The topological polar surface area (TPSA) is 78.5 Å². The molecule has 6 nitrogen and oxygen atoms in total. The molecule has 0 saturated carbocycles. The third-order valence-corrected chi connectivity index (χ3v) is 6.49. The Bertz CT molecular complexity index is 1090. The summed E-state index contributed by atoms with van der Waals surface area (Å²) in [7, 11) is 0. The molecule has 0 radical (unpaired) electrons. The Kier molecular flexibility index (Phi) is 7.88. The minimum Gasteiger partial charge on any atom is -0.507 e. The van der Waals surface area contributed by atoms with Crippen molar-refractivity contribution in [2.75, 3.05) is 13.2 Å². The van der Waals surface area contributed by atoms with Crippen molar-refractivity contribution >= 4 is 5.91 Å². The van der Waals surface area contributed by atoms with Gasteiger partial charge in [-0.1, -0.05) is 70.2 Å². The van der Waals surface area contributed by atoms with E-state index in [1.54, 1.807) is 12.1 Å². The quantitative estimate of drug-likeness (QED) is 0.303. The number of nitrogens with zero attached hydrogens (tertiary/aromatic N) is 2. The van der Waals surface area contributed by atoms with Crippen LogP contribution in [0.5, 0.6) is 11.5 Å². The van der Waals surface area contributed by atoms with Crippen LogP contribution >= 0.6 is 0 Å². The second kappa shape index (κ2) is 11.2. The third-order valence-electron chi connectivity index (χ3n) is 6.49. The zero-order valence-corrected chi connectivity index (χ0v) is 20.2. The van der Waals surface area contributed by atoms with Gasteiger partial charge in [-0.3, -0.25) is 9.89 Å². The minimum absolute atomic E-state index is 0.0403. The fourth-order valence-electron chi connectivity index (χ4n) is 4.65. The number of phenolic OH excluding ortho intramolecular Hbond substituents is 1. The van der Waals surface area contributed by atoms with Gasteiger partial charge in [0.2, 0.25) is 0 Å². The maximum absolute atomic E-state index is 13.4. The molecule has 180 valence electrons. The lowest BCUT2D eigenvalue weighted by molar-refractivity contribution is 0.0740. The second-order valence-corrected chi connectivity index (χ2v) is 8.96. The van der Waals surface area contributed by atoms with Crippen molar-refractivity contribution in [3.05, 3.63) is 65.4 Å². The molecule has 3 aromatic rings. The van der Waals surface area contributed by atoms with E-state index in [9.17, 15) is 9.90 Å². The summed E-state index contributed by atoms with van der Waals surface area (Å²) < 4.78 is 5.93. The van der Waals surface area contributed by atoms with E-state index in [4.69, 9.17) is 4.74 Å². The molecule has 1 aliphatic heterocycles. The Morgan fingerprint density at radius 1 is 0.971 bits per heavy atom. The maximum Gasteiger partial charge on any atom is 0.273 e. The molecule has 0 fully saturated rings. The van der Waals surface area contributed by atoms with Crippen LogP contribution in [0, 0.1) is 0 Å². The van der Waals surface area contributed by atoms with Crippen molar-refractivity contribution in [3.63, 3.8) is 0 Å². The van der Waals surface area contributed by atoms with Crippen molar-refractivity contribution in [2.45, 2.75) is 64.8 Å². The first kappa shape index (κ1) is 23.9. The fourth-order valence-corrected chi connectivity index (χ4v) is 4.65. The number of unbranched alkanes of at least 4 members (excludes halogenated alkanes) is 5. The smallest absolute Gasteiger partial charge is 0.273 e. The molecule has 1 aromatic heterocycles. The highest BCUT2D eigenvalue weighted by atomic mass is 16.5. The zero-order valence-electron chi connectivity index (χ0n) is 20.2. The normalized spacial score (nSPS) is 15.1. The van der Waals surface area contributed by atoms with E-state index in [0.29, 0.717) is 30.1 Å². The molecule has 4 rings (SSSR count). The first-order chi connectivity index (χ1) is 16.7. The van der Waals surface area contributed by atoms with Crippen LogP contribution in [0.3, 0.4) is 0 Å². The highest BCUT2D eigenvalue weighted by Gasteiger charge is 2.42. The molecule has 34 heavy (non-hydrogen) atoms. The maximum atomic E-state index is 13.4. The predicted molar refractivity (Wildman–Crippen MR) is 134 cm³/mol. The number of nitrogens with one attached hydrogen (secondary N) is 1. The van der Waals surface area contributed by atoms with Gasteiger partial charge in [-0.2, -0.15) is 5.10 Å². The molecule has 2 heterocycles. The van der Waals surface area contributed by atoms with Crippen LogP contribution in [0.25, 0.3) is 11.3 Å². The van der Waals surface area contributed by atoms with Crippen LogP contribution in [-0.2, 0) is 0 Å². The number of para-hydroxylation sites is 1. The van der Waals surface area contributed by atoms with Crippen molar-refractivity contribution in [3.8, 4) is 22.8 Å². The van der Waals surface area contributed by atoms with Gasteiger partial charge in [0.1, 0.15) is 22.9 Å². The summed E-state index contributed by atoms with van der Waals surface area (Å²) in [6, 6.07) is 14.9. The predicted octanol–water partition coefficient (Wildman–Crippen LogP) is 6.48. The Balaban J connectivity index is 1.63. The summed E-state index contributed by atoms with van der Waals surface area (Å²) in [6.45, 7) is 5.76. The molecule has 1 aliphatic rings. The average molecular weight is 462 g/mol. The molecule has 1 amide bonds. The summed E-state index contributed by atoms with van der Waals surface area (Å²) in [5, 5.41) is 17.9. The lowest BCUT2D eigenvalue weighted by Crippen LogP contribution is -2.30. The first-order valence-electron chi connectivity index (χ1n) is 12.6. The number of rotatable bonds is 12. The van der Waals surface area contributed by atoms with Crippen molar-refractivity contribution in [1.82, 2.24) is 15.1 Å². The Morgan fingerprint density at radius 3 is 2.44 bits per heavy atom. The van der Waals surface area contributed by atoms with Gasteiger partial charge < -0.3 is 14.7 Å². The van der Waals surface area contributed by atoms with Crippen LogP contribution in [0.1, 0.15) is 86.5 Å². The number of aromatic hydroxyl groups is 1. The fraction of sp³-hybridized carbons (Fsp3) is 0.429. The Morgan fingerprint density at radius 2 is 1.71 bits per heavy atom. The van der Waals surface area contributed by atoms with E-state index >= 15 is 0 Å². The van der Waals surface area contributed by atoms with Crippen LogP contribution < -0.4 is 4.74 Å². The highest BCUT2D eigenvalue weighted by Crippen LogP contribution is 2.44. The molecule has 6 heteroatoms. The largest absolute Gasteiger partial charge is 0.507 e. The first-order valence-corrected chi connectivity index (χ1v) is 12.6. The van der Waals surface area contributed by atoms with Crippen LogP contribution in [-0.4, -0.2) is 39.3 Å². The SMILES string of the molecule is CCCCCCOc1ccc(C2c3c(-c4ccccc4O)n[nH]c3C(=O)N2CCCCC)cc1. The molecule has 0 aliphatic carbocycles. The number of ether oxygens (including phenoxy) is 1. The summed E-state index contributed by atoms with van der Waals surface area (Å²) in [5.74, 6) is 0.955. The van der Waals surface area contributed by atoms with Gasteiger partial charge in [0.25, 0.3) is 5.91 Å². The number of carbonyl (C=O) groups is 1. The van der Waals surface area contributed by atoms with Gasteiger partial charge in [0.05, 0.1) is 12.6 Å². The van der Waals surface area contributed by atoms with E-state index in [1.165, 1.54) is 19.3 Å². The lowest BCUT2D eigenvalue weighted by atomic mass is 9.95. The molecular weight excluding hydrogens is 426 g/mol. The molecule has 2 N–H and O–H groups in total. The zero-order chi connectivity index (χ0) is 23.9. The molecule has 0 bridgehead atoms. The monoisotopic (exact) mass is 461 g/mol. The van der Waals surface area contributed by atoms with Crippen molar-refractivity contribution in [2.24, 2.45) is 0 Å². The van der Waals surface area contributed by atoms with Crippen molar-refractivity contribution < 1.29 is 14.6 Å². The van der Waals surface area contributed by atoms with Gasteiger partial charge in [-0.05, 0) is 42.7 Å². The minimum atomic E-state index is -0.258. The molecule has 0 saturated heterocycles. The number of carbonyl (C=O) groups excluding carboxylic acids is 1. The molecule has 1 unspecified atom stereocenters. The number of H-pyrrole nitrogens is 1. The molecule has 2 aromatic carbocycles. The van der Waals surface area contributed by atoms with Crippen LogP contribution in [0.4, 0.5) is 0 Å². The number of phenols is 1. The van der Waals surface area contributed by atoms with Crippen molar-refractivity contribution in [1.29, 1.82) is 0 Å². The number of aromatic amines is 1. The highest BCUT2D eigenvalue weighted by molar-refractivity contribution is 6.00. The van der Waals surface area contributed by atoms with E-state index in [-0.39, 0.29) is 17.7 Å². The van der Waals surface area contributed by atoms with Gasteiger partial charge in [-0.25, -0.2) is 0 Å². The van der Waals surface area contributed by atoms with Gasteiger partial charge in [0, 0.05) is 17.7 Å². The van der Waals surface area contributed by atoms with Gasteiger partial charge in [-0.15, -0.1) is 0 Å². The van der Waals surface area contributed by atoms with E-state index < -0.39 is 0 Å². The van der Waals surface area contributed by atoms with Crippen LogP contribution in [0.15, 0.2) is 48.5 Å². The van der Waals surface area contributed by atoms with Gasteiger partial charge >= 0.3 is 0 Å². The molecule has 1 atom stereocenters. The standard InChI is InChI=1S/C28H35N3O3/c1-3-5-7-11-19-34-21-16-14-20(15-17-21)27-24-25(22-12-8-9-13-23(22)32)29-30-26(24)28(33)31(27)18-10-6-4-2/h8-9,12-17,27,32H,3-7,10-11,18-19H2,1-2H3,(H,29,30). The summed E-state index contributed by atoms with van der Waals surface area (Å²) in [6.07, 6.45) is 7.79. The number of fused-ring (bicyclic) bond motifs is 1. The summed E-state index contributed by atoms with van der Waals surface area (Å²) in [5.41, 5.74) is 3.60. The number of amides is 1. The van der Waals surface area contributed by atoms with E-state index in [2.05, 4.69) is 24.0 Å². The number of benzene rings is 2. The second-order valence-electron chi connectivity index (χ2n) is 8.96. The number of aromatic nitrogens is 2. The molecular formula is C28H35N3O3. The van der Waals surface area contributed by atoms with E-state index in [1.807, 2.05) is 41.3 Å². The summed E-state index contributed by atoms with van der Waals surface area (Å²) >= 11 is 0. The lowest BCUT2D eigenvalue weighted by Gasteiger charge is -2.26. The number of hydrogen-bond acceptors (Lipinski definition) is 4. The van der Waals surface area contributed by atoms with Gasteiger partial charge in [0.15, 0.2) is 0 Å². The average Bonchev–Trinajstić information content (AvgIpc) is 3.39. The molecule has 0 spiro atoms. The van der Waals surface area contributed by atoms with Crippen LogP contribution in [0.2, 0.25) is 0 Å². The third kappa shape index (κ3) is 4.96. The summed E-state index contributed by atoms with van der Waals surface area (Å²) in [4.78, 5) is 15.3. The Labute approximate surface area is 202 Å². The number of hydrogen-bond donors (Lipinski definition) is 2. The Hall–Kier alpha value is -3.28. The van der Waals surface area contributed by atoms with E-state index in [0.717, 1.165) is 42.6 Å².